The van der Waals surface area contributed by atoms with Crippen LogP contribution in [0.2, 0.25) is 20.1 Å². The van der Waals surface area contributed by atoms with Crippen LogP contribution in [0, 0.1) is 13.8 Å². The Bertz CT molecular complexity index is 2550. The van der Waals surface area contributed by atoms with Crippen molar-refractivity contribution >= 4 is 92.4 Å². The van der Waals surface area contributed by atoms with Gasteiger partial charge in [-0.15, -0.1) is 0 Å². The summed E-state index contributed by atoms with van der Waals surface area (Å²) in [5.41, 5.74) is 7.06. The van der Waals surface area contributed by atoms with Crippen LogP contribution >= 0.6 is 46.4 Å². The number of aryl methyl sites for hydroxylation is 2. The number of unbranched alkanes of at least 4 members (excludes halogenated alkanes) is 11. The van der Waals surface area contributed by atoms with E-state index in [1.165, 1.54) is 8.61 Å². The van der Waals surface area contributed by atoms with E-state index in [0.29, 0.717) is 82.2 Å². The molecule has 2 unspecified atom stereocenters. The first kappa shape index (κ1) is 65.1. The molecule has 80 heavy (non-hydrogen) atoms. The SMILES string of the molecule is Cc1cc(N(CCCCCCCCNC(=O)NCCCCNC(=O)NCCCCCCCCN(c2ccc(O[C@H]3c4cc(Cl)cc(Cl)c4C[C@@H]3N(C)C)c(C)c2)S(=O)O)S(=O)O)ccc1O[C@H]1c2cc(Cl)cc(Cl)c2C[C@@H]1N(C)C. The molecular weight excluding hydrogens is 1140 g/mol. The summed E-state index contributed by atoms with van der Waals surface area (Å²) in [6.45, 7) is 6.95. The van der Waals surface area contributed by atoms with Gasteiger partial charge in [-0.2, -0.15) is 0 Å². The van der Waals surface area contributed by atoms with E-state index in [1.54, 1.807) is 12.1 Å². The van der Waals surface area contributed by atoms with Gasteiger partial charge < -0.3 is 40.5 Å². The Morgan fingerprint density at radius 3 is 1.16 bits per heavy atom. The lowest BCUT2D eigenvalue weighted by Gasteiger charge is -2.28. The molecule has 442 valence electrons. The Labute approximate surface area is 499 Å². The van der Waals surface area contributed by atoms with Crippen molar-refractivity contribution in [2.45, 2.75) is 141 Å². The first-order valence-electron chi connectivity index (χ1n) is 28.0. The Hall–Kier alpha value is -4.08. The highest BCUT2D eigenvalue weighted by atomic mass is 35.5. The summed E-state index contributed by atoms with van der Waals surface area (Å²) < 4.78 is 61.4. The topological polar surface area (TPSA) is 188 Å². The number of hydrogen-bond donors (Lipinski definition) is 6. The lowest BCUT2D eigenvalue weighted by atomic mass is 10.1. The van der Waals surface area contributed by atoms with Crippen LogP contribution in [0.1, 0.15) is 135 Å². The quantitative estimate of drug-likeness (QED) is 0.0198. The first-order chi connectivity index (χ1) is 38.3. The van der Waals surface area contributed by atoms with Crippen LogP contribution in [0.25, 0.3) is 0 Å². The fourth-order valence-corrected chi connectivity index (χ4v) is 12.8. The van der Waals surface area contributed by atoms with E-state index in [4.69, 9.17) is 55.9 Å². The van der Waals surface area contributed by atoms with Gasteiger partial charge in [0, 0.05) is 70.5 Å². The number of anilines is 2. The highest BCUT2D eigenvalue weighted by Crippen LogP contribution is 2.45. The molecule has 16 nitrogen and oxygen atoms in total. The van der Waals surface area contributed by atoms with Crippen LogP contribution in [0.4, 0.5) is 21.0 Å². The molecule has 0 fully saturated rings. The number of likely N-dealkylation sites (N-methyl/N-ethyl adjacent to an activating group) is 2. The second-order valence-corrected chi connectivity index (χ2v) is 24.8. The maximum atomic E-state index is 12.4. The number of halogens is 4. The highest BCUT2D eigenvalue weighted by molar-refractivity contribution is 7.81. The molecule has 4 aromatic carbocycles. The molecule has 2 aliphatic carbocycles. The number of urea groups is 2. The lowest BCUT2D eigenvalue weighted by molar-refractivity contribution is 0.110. The van der Waals surface area contributed by atoms with Gasteiger partial charge in [0.2, 0.25) is 0 Å². The Morgan fingerprint density at radius 2 is 0.838 bits per heavy atom. The van der Waals surface area contributed by atoms with Crippen LogP contribution in [0.15, 0.2) is 60.7 Å². The molecule has 0 bridgehead atoms. The van der Waals surface area contributed by atoms with Gasteiger partial charge in [-0.3, -0.25) is 17.7 Å². The van der Waals surface area contributed by atoms with E-state index in [-0.39, 0.29) is 36.4 Å². The number of carbonyl (C=O) groups is 2. The zero-order valence-corrected chi connectivity index (χ0v) is 51.8. The molecule has 22 heteroatoms. The van der Waals surface area contributed by atoms with Crippen molar-refractivity contribution in [3.05, 3.63) is 114 Å². The standard InChI is InChI=1S/C58H82Cl4N8O8S2/c1-39-31-43(21-23-53(39)77-55-47-33-41(59)35-49(61)45(47)37-51(55)67(3)4)69(79(73)74)29-19-13-9-7-11-15-25-63-57(71)65-27-17-18-28-66-58(72)64-26-16-12-8-10-14-20-30-70(80(75)76)44-22-24-54(40(2)32-44)78-56-48-34-42(60)36-50(62)46(48)38-52(56)68(5)6/h21-24,31-36,51-52,55-56H,7-20,25-30,37-38H2,1-6H3,(H,73,74)(H,75,76)(H2,63,65,71)(H2,64,66,72)/t51-,52-,55-,56-/m0/s1. The zero-order valence-electron chi connectivity index (χ0n) is 47.1. The predicted octanol–water partition coefficient (Wildman–Crippen LogP) is 12.8. The molecule has 4 aromatic rings. The van der Waals surface area contributed by atoms with E-state index in [9.17, 15) is 27.1 Å². The molecular formula is C58H82Cl4N8O8S2. The highest BCUT2D eigenvalue weighted by Gasteiger charge is 2.39. The summed E-state index contributed by atoms with van der Waals surface area (Å²) in [4.78, 5) is 28.8. The molecule has 2 aliphatic rings. The van der Waals surface area contributed by atoms with Crippen molar-refractivity contribution < 1.29 is 36.6 Å². The smallest absolute Gasteiger partial charge is 0.314 e. The summed E-state index contributed by atoms with van der Waals surface area (Å²) in [5, 5.41) is 14.0. The number of carbonyl (C=O) groups excluding carboxylic acids is 2. The predicted molar refractivity (Wildman–Crippen MR) is 328 cm³/mol. The van der Waals surface area contributed by atoms with Gasteiger partial charge in [-0.1, -0.05) is 97.8 Å². The molecule has 0 spiro atoms. The number of benzene rings is 4. The number of fused-ring (bicyclic) bond motifs is 2. The molecule has 6 N–H and O–H groups in total. The first-order valence-corrected chi connectivity index (χ1v) is 31.6. The van der Waals surface area contributed by atoms with Crippen LogP contribution in [-0.2, 0) is 35.4 Å². The molecule has 0 aromatic heterocycles. The fraction of sp³-hybridized carbons (Fsp3) is 0.552. The van der Waals surface area contributed by atoms with Gasteiger partial charge in [-0.05, 0) is 176 Å². The molecule has 0 saturated carbocycles. The molecule has 0 aliphatic heterocycles. The lowest BCUT2D eigenvalue weighted by Crippen LogP contribution is -2.38. The Balaban J connectivity index is 0.736. The van der Waals surface area contributed by atoms with Crippen molar-refractivity contribution in [1.82, 2.24) is 31.1 Å². The van der Waals surface area contributed by atoms with Crippen LogP contribution in [0.5, 0.6) is 11.5 Å². The summed E-state index contributed by atoms with van der Waals surface area (Å²) in [6, 6.07) is 18.3. The number of rotatable bonds is 33. The number of nitrogens with one attached hydrogen (secondary N) is 4. The average molecular weight is 1230 g/mol. The second kappa shape index (κ2) is 32.7. The van der Waals surface area contributed by atoms with Crippen LogP contribution in [-0.4, -0.2) is 119 Å². The maximum Gasteiger partial charge on any atom is 0.314 e. The molecule has 4 amide bonds. The van der Waals surface area contributed by atoms with E-state index in [1.807, 2.05) is 90.6 Å². The van der Waals surface area contributed by atoms with Crippen molar-refractivity contribution in [3.8, 4) is 11.5 Å². The minimum Gasteiger partial charge on any atom is -0.484 e. The molecule has 6 rings (SSSR count). The zero-order chi connectivity index (χ0) is 57.9. The molecule has 0 radical (unpaired) electrons. The fourth-order valence-electron chi connectivity index (χ4n) is 10.5. The van der Waals surface area contributed by atoms with Gasteiger partial charge in [-0.25, -0.2) is 18.0 Å². The minimum atomic E-state index is -2.18. The molecule has 0 saturated heterocycles. The van der Waals surface area contributed by atoms with Crippen molar-refractivity contribution in [3.63, 3.8) is 0 Å². The average Bonchev–Trinajstić information content (AvgIpc) is 3.98. The summed E-state index contributed by atoms with van der Waals surface area (Å²) in [6.07, 6.45) is 13.4. The summed E-state index contributed by atoms with van der Waals surface area (Å²) in [5.74, 6) is 1.39. The largest absolute Gasteiger partial charge is 0.484 e. The summed E-state index contributed by atoms with van der Waals surface area (Å²) in [7, 11) is 8.08. The van der Waals surface area contributed by atoms with Gasteiger partial charge in [0.05, 0.1) is 23.5 Å². The molecule has 0 heterocycles. The monoisotopic (exact) mass is 1220 g/mol. The normalized spacial score (nSPS) is 17.2. The van der Waals surface area contributed by atoms with Crippen molar-refractivity contribution in [2.24, 2.45) is 0 Å². The Morgan fingerprint density at radius 1 is 0.512 bits per heavy atom. The minimum absolute atomic E-state index is 0.0694. The third kappa shape index (κ3) is 19.2. The Kier molecular flexibility index (Phi) is 26.6. The van der Waals surface area contributed by atoms with E-state index >= 15 is 0 Å². The summed E-state index contributed by atoms with van der Waals surface area (Å²) >= 11 is 21.5. The number of hydrogen-bond acceptors (Lipinski definition) is 8. The second-order valence-electron chi connectivity index (χ2n) is 21.3. The third-order valence-electron chi connectivity index (χ3n) is 15.0. The van der Waals surface area contributed by atoms with Crippen molar-refractivity contribution in [2.75, 3.05) is 76.1 Å². The van der Waals surface area contributed by atoms with Gasteiger partial charge in [0.1, 0.15) is 23.7 Å². The third-order valence-corrected chi connectivity index (χ3v) is 17.6. The van der Waals surface area contributed by atoms with Gasteiger partial charge in [0.25, 0.3) is 22.5 Å². The van der Waals surface area contributed by atoms with E-state index in [0.717, 1.165) is 136 Å². The van der Waals surface area contributed by atoms with Crippen LogP contribution in [0.3, 0.4) is 0 Å². The van der Waals surface area contributed by atoms with E-state index < -0.39 is 22.5 Å². The number of nitrogens with zero attached hydrogens (tertiary/aromatic N) is 4. The maximum absolute atomic E-state index is 12.4. The molecule has 6 atom stereocenters. The van der Waals surface area contributed by atoms with Gasteiger partial charge in [0.15, 0.2) is 0 Å². The van der Waals surface area contributed by atoms with Crippen LogP contribution < -0.4 is 39.4 Å². The van der Waals surface area contributed by atoms with Gasteiger partial charge >= 0.3 is 12.1 Å². The van der Waals surface area contributed by atoms with E-state index in [2.05, 4.69) is 31.1 Å². The number of amides is 4. The number of ether oxygens (including phenoxy) is 2. The van der Waals surface area contributed by atoms with Crippen molar-refractivity contribution in [1.29, 1.82) is 0 Å².